The molecule has 2 amide bonds. The highest BCUT2D eigenvalue weighted by Gasteiger charge is 2.21. The number of nitrogens with one attached hydrogen (secondary N) is 1. The fraction of sp³-hybridized carbons (Fsp3) is 0.304. The van der Waals surface area contributed by atoms with Gasteiger partial charge in [0.1, 0.15) is 11.6 Å². The van der Waals surface area contributed by atoms with Crippen LogP contribution >= 0.6 is 11.3 Å². The summed E-state index contributed by atoms with van der Waals surface area (Å²) in [5, 5.41) is 5.09. The standard InChI is InChI=1S/C23H25FN4O2S/c1-23(2,3)26-21(29)27(13-19-5-4-12-30-19)11-10-18-15-31-22-25-20(14-28(18)22)16-6-8-17(24)9-7-16/h4-9,12,14-15H,10-11,13H2,1-3H3,(H,26,29). The van der Waals surface area contributed by atoms with Crippen molar-refractivity contribution in [2.75, 3.05) is 6.54 Å². The summed E-state index contributed by atoms with van der Waals surface area (Å²) in [6, 6.07) is 9.87. The third-order valence-electron chi connectivity index (χ3n) is 4.76. The van der Waals surface area contributed by atoms with Crippen LogP contribution in [-0.4, -0.2) is 32.4 Å². The molecule has 3 aromatic heterocycles. The molecule has 0 bridgehead atoms. The van der Waals surface area contributed by atoms with Gasteiger partial charge >= 0.3 is 6.03 Å². The highest BCUT2D eigenvalue weighted by atomic mass is 32.1. The molecule has 0 fully saturated rings. The van der Waals surface area contributed by atoms with Gasteiger partial charge in [0.25, 0.3) is 0 Å². The van der Waals surface area contributed by atoms with E-state index < -0.39 is 0 Å². The van der Waals surface area contributed by atoms with E-state index in [1.807, 2.05) is 43.5 Å². The Morgan fingerprint density at radius 1 is 1.26 bits per heavy atom. The molecule has 0 aliphatic heterocycles. The molecule has 0 atom stereocenters. The first kappa shape index (κ1) is 21.1. The van der Waals surface area contributed by atoms with E-state index in [0.29, 0.717) is 19.5 Å². The summed E-state index contributed by atoms with van der Waals surface area (Å²) in [6.45, 7) is 6.80. The molecular formula is C23H25FN4O2S. The molecule has 4 aromatic rings. The minimum atomic E-state index is -0.331. The lowest BCUT2D eigenvalue weighted by Gasteiger charge is -2.28. The molecule has 3 heterocycles. The summed E-state index contributed by atoms with van der Waals surface area (Å²) in [5.41, 5.74) is 2.40. The molecule has 1 N–H and O–H groups in total. The molecule has 1 aromatic carbocycles. The molecular weight excluding hydrogens is 415 g/mol. The van der Waals surface area contributed by atoms with Crippen molar-refractivity contribution < 1.29 is 13.6 Å². The maximum absolute atomic E-state index is 13.2. The number of hydrogen-bond donors (Lipinski definition) is 1. The second kappa shape index (κ2) is 8.55. The molecule has 0 saturated heterocycles. The van der Waals surface area contributed by atoms with Gasteiger partial charge in [0.15, 0.2) is 4.96 Å². The van der Waals surface area contributed by atoms with Crippen LogP contribution in [0.5, 0.6) is 0 Å². The van der Waals surface area contributed by atoms with Crippen molar-refractivity contribution in [3.63, 3.8) is 0 Å². The normalized spacial score (nSPS) is 11.7. The van der Waals surface area contributed by atoms with E-state index in [1.165, 1.54) is 12.1 Å². The Hall–Kier alpha value is -3.13. The number of furan rings is 1. The first-order valence-corrected chi connectivity index (χ1v) is 11.0. The summed E-state index contributed by atoms with van der Waals surface area (Å²) < 4.78 is 20.7. The molecule has 0 aliphatic rings. The van der Waals surface area contributed by atoms with Gasteiger partial charge in [0.05, 0.1) is 18.5 Å². The average Bonchev–Trinajstić information content (AvgIpc) is 3.42. The molecule has 0 spiro atoms. The van der Waals surface area contributed by atoms with Gasteiger partial charge in [0, 0.05) is 41.3 Å². The number of halogens is 1. The molecule has 8 heteroatoms. The van der Waals surface area contributed by atoms with Gasteiger partial charge in [-0.1, -0.05) is 0 Å². The quantitative estimate of drug-likeness (QED) is 0.440. The van der Waals surface area contributed by atoms with Gasteiger partial charge in [-0.05, 0) is 57.2 Å². The minimum Gasteiger partial charge on any atom is -0.467 e. The number of hydrogen-bond acceptors (Lipinski definition) is 4. The van der Waals surface area contributed by atoms with Gasteiger partial charge in [0.2, 0.25) is 0 Å². The average molecular weight is 441 g/mol. The summed E-state index contributed by atoms with van der Waals surface area (Å²) in [7, 11) is 0. The number of nitrogens with zero attached hydrogens (tertiary/aromatic N) is 3. The summed E-state index contributed by atoms with van der Waals surface area (Å²) in [4.78, 5) is 20.1. The zero-order valence-electron chi connectivity index (χ0n) is 17.8. The Labute approximate surface area is 184 Å². The zero-order valence-corrected chi connectivity index (χ0v) is 18.6. The molecule has 0 radical (unpaired) electrons. The molecule has 4 rings (SSSR count). The second-order valence-electron chi connectivity index (χ2n) is 8.44. The van der Waals surface area contributed by atoms with E-state index in [2.05, 4.69) is 15.7 Å². The van der Waals surface area contributed by atoms with Gasteiger partial charge < -0.3 is 14.6 Å². The molecule has 0 saturated carbocycles. The Morgan fingerprint density at radius 3 is 2.71 bits per heavy atom. The van der Waals surface area contributed by atoms with Crippen LogP contribution in [0, 0.1) is 5.82 Å². The molecule has 162 valence electrons. The molecule has 0 unspecified atom stereocenters. The van der Waals surface area contributed by atoms with E-state index in [4.69, 9.17) is 4.42 Å². The largest absolute Gasteiger partial charge is 0.467 e. The van der Waals surface area contributed by atoms with Gasteiger partial charge in [-0.3, -0.25) is 4.40 Å². The van der Waals surface area contributed by atoms with Crippen LogP contribution in [0.1, 0.15) is 32.2 Å². The van der Waals surface area contributed by atoms with Crippen LogP contribution in [0.15, 0.2) is 58.7 Å². The van der Waals surface area contributed by atoms with Crippen LogP contribution in [0.4, 0.5) is 9.18 Å². The first-order valence-electron chi connectivity index (χ1n) is 10.1. The number of carbonyl (C=O) groups is 1. The van der Waals surface area contributed by atoms with Crippen LogP contribution in [0.3, 0.4) is 0 Å². The van der Waals surface area contributed by atoms with Crippen LogP contribution < -0.4 is 5.32 Å². The Balaban J connectivity index is 1.52. The van der Waals surface area contributed by atoms with Crippen molar-refractivity contribution in [3.8, 4) is 11.3 Å². The van der Waals surface area contributed by atoms with Crippen molar-refractivity contribution in [2.24, 2.45) is 0 Å². The number of amides is 2. The third-order valence-corrected chi connectivity index (χ3v) is 5.65. The maximum Gasteiger partial charge on any atom is 0.318 e. The number of rotatable bonds is 6. The minimum absolute atomic E-state index is 0.131. The van der Waals surface area contributed by atoms with Crippen molar-refractivity contribution in [3.05, 3.63) is 71.5 Å². The molecule has 6 nitrogen and oxygen atoms in total. The van der Waals surface area contributed by atoms with Gasteiger partial charge in [-0.15, -0.1) is 11.3 Å². The fourth-order valence-electron chi connectivity index (χ4n) is 3.26. The van der Waals surface area contributed by atoms with Crippen molar-refractivity contribution >= 4 is 22.3 Å². The lowest BCUT2D eigenvalue weighted by molar-refractivity contribution is 0.182. The first-order chi connectivity index (χ1) is 14.8. The Kier molecular flexibility index (Phi) is 5.82. The molecule has 0 aliphatic carbocycles. The highest BCUT2D eigenvalue weighted by molar-refractivity contribution is 7.15. The molecule has 31 heavy (non-hydrogen) atoms. The van der Waals surface area contributed by atoms with E-state index >= 15 is 0 Å². The fourth-order valence-corrected chi connectivity index (χ4v) is 4.17. The predicted octanol–water partition coefficient (Wildman–Crippen LogP) is 5.35. The van der Waals surface area contributed by atoms with Crippen LogP contribution in [0.25, 0.3) is 16.2 Å². The smallest absolute Gasteiger partial charge is 0.318 e. The number of carbonyl (C=O) groups excluding carboxylic acids is 1. The lowest BCUT2D eigenvalue weighted by Crippen LogP contribution is -2.48. The number of thiazole rings is 1. The van der Waals surface area contributed by atoms with E-state index in [9.17, 15) is 9.18 Å². The zero-order chi connectivity index (χ0) is 22.0. The number of urea groups is 1. The van der Waals surface area contributed by atoms with Crippen molar-refractivity contribution in [1.82, 2.24) is 19.6 Å². The summed E-state index contributed by atoms with van der Waals surface area (Å²) >= 11 is 1.55. The Morgan fingerprint density at radius 2 is 2.03 bits per heavy atom. The summed E-state index contributed by atoms with van der Waals surface area (Å²) in [5.74, 6) is 0.469. The third kappa shape index (κ3) is 5.14. The topological polar surface area (TPSA) is 62.8 Å². The predicted molar refractivity (Wildman–Crippen MR) is 120 cm³/mol. The number of benzene rings is 1. The van der Waals surface area contributed by atoms with Crippen LogP contribution in [-0.2, 0) is 13.0 Å². The number of fused-ring (bicyclic) bond motifs is 1. The van der Waals surface area contributed by atoms with E-state index in [-0.39, 0.29) is 17.4 Å². The maximum atomic E-state index is 13.2. The highest BCUT2D eigenvalue weighted by Crippen LogP contribution is 2.24. The number of imidazole rings is 1. The van der Waals surface area contributed by atoms with Gasteiger partial charge in [-0.25, -0.2) is 14.2 Å². The van der Waals surface area contributed by atoms with Crippen molar-refractivity contribution in [1.29, 1.82) is 0 Å². The van der Waals surface area contributed by atoms with E-state index in [1.54, 1.807) is 34.6 Å². The van der Waals surface area contributed by atoms with Crippen molar-refractivity contribution in [2.45, 2.75) is 39.3 Å². The van der Waals surface area contributed by atoms with Crippen LogP contribution in [0.2, 0.25) is 0 Å². The lowest BCUT2D eigenvalue weighted by atomic mass is 10.1. The number of aromatic nitrogens is 2. The van der Waals surface area contributed by atoms with Gasteiger partial charge in [-0.2, -0.15) is 0 Å². The monoisotopic (exact) mass is 440 g/mol. The SMILES string of the molecule is CC(C)(C)NC(=O)N(CCc1csc2nc(-c3ccc(F)cc3)cn12)Cc1ccco1. The second-order valence-corrected chi connectivity index (χ2v) is 9.28. The summed E-state index contributed by atoms with van der Waals surface area (Å²) in [6.07, 6.45) is 4.23. The van der Waals surface area contributed by atoms with E-state index in [0.717, 1.165) is 27.7 Å². The Bertz CT molecular complexity index is 1160.